The Balaban J connectivity index is 1.87. The molecule has 0 radical (unpaired) electrons. The van der Waals surface area contributed by atoms with Gasteiger partial charge in [0.25, 0.3) is 0 Å². The van der Waals surface area contributed by atoms with Crippen LogP contribution in [0.15, 0.2) is 53.1 Å². The van der Waals surface area contributed by atoms with Crippen molar-refractivity contribution in [1.82, 2.24) is 9.88 Å². The van der Waals surface area contributed by atoms with Crippen LogP contribution in [0.5, 0.6) is 0 Å². The number of para-hydroxylation sites is 1. The van der Waals surface area contributed by atoms with Crippen molar-refractivity contribution in [2.45, 2.75) is 32.6 Å². The van der Waals surface area contributed by atoms with Gasteiger partial charge in [0.05, 0.1) is 0 Å². The molecule has 1 aromatic heterocycles. The van der Waals surface area contributed by atoms with Crippen LogP contribution in [0, 0.1) is 12.8 Å². The van der Waals surface area contributed by atoms with E-state index in [1.54, 1.807) is 6.07 Å². The number of aryl methyl sites for hydroxylation is 1. The van der Waals surface area contributed by atoms with Gasteiger partial charge >= 0.3 is 0 Å². The predicted octanol–water partition coefficient (Wildman–Crippen LogP) is 3.95. The highest BCUT2D eigenvalue weighted by Crippen LogP contribution is 2.26. The lowest BCUT2D eigenvalue weighted by Gasteiger charge is -2.24. The second-order valence-corrected chi connectivity index (χ2v) is 8.33. The summed E-state index contributed by atoms with van der Waals surface area (Å²) >= 11 is 0. The quantitative estimate of drug-likeness (QED) is 0.724. The van der Waals surface area contributed by atoms with E-state index < -0.39 is 10.0 Å². The van der Waals surface area contributed by atoms with Crippen LogP contribution < -0.4 is 4.72 Å². The van der Waals surface area contributed by atoms with Crippen LogP contribution in [-0.4, -0.2) is 13.6 Å². The monoisotopic (exact) mass is 358 g/mol. The Hall–Kier alpha value is -2.18. The van der Waals surface area contributed by atoms with Crippen LogP contribution >= 0.6 is 0 Å². The zero-order valence-electron chi connectivity index (χ0n) is 14.6. The number of hydrogen-bond donors (Lipinski definition) is 1. The molecular formula is C19H22N2O3S. The van der Waals surface area contributed by atoms with Gasteiger partial charge in [0.1, 0.15) is 11.4 Å². The zero-order valence-corrected chi connectivity index (χ0v) is 15.4. The average molecular weight is 358 g/mol. The van der Waals surface area contributed by atoms with Gasteiger partial charge in [-0.05, 0) is 36.1 Å². The maximum atomic E-state index is 12.7. The van der Waals surface area contributed by atoms with Gasteiger partial charge in [-0.15, -0.1) is 0 Å². The van der Waals surface area contributed by atoms with Gasteiger partial charge in [0, 0.05) is 11.4 Å². The fourth-order valence-corrected chi connectivity index (χ4v) is 4.39. The third-order valence-electron chi connectivity index (χ3n) is 4.28. The van der Waals surface area contributed by atoms with Crippen molar-refractivity contribution in [3.8, 4) is 0 Å². The van der Waals surface area contributed by atoms with Crippen LogP contribution in [0.25, 0.3) is 11.0 Å². The number of nitrogens with one attached hydrogen (secondary N) is 1. The first-order valence-electron chi connectivity index (χ1n) is 8.26. The molecular weight excluding hydrogens is 336 g/mol. The van der Waals surface area contributed by atoms with Crippen molar-refractivity contribution < 1.29 is 12.9 Å². The molecule has 0 aliphatic heterocycles. The first kappa shape index (κ1) is 17.6. The normalized spacial score (nSPS) is 13.4. The lowest BCUT2D eigenvalue weighted by Crippen LogP contribution is -2.33. The van der Waals surface area contributed by atoms with Crippen LogP contribution in [0.4, 0.5) is 0 Å². The number of hydrogen-bond acceptors (Lipinski definition) is 4. The minimum atomic E-state index is -3.58. The molecule has 0 aliphatic carbocycles. The molecule has 1 N–H and O–H groups in total. The maximum Gasteiger partial charge on any atom is 0.218 e. The van der Waals surface area contributed by atoms with Gasteiger partial charge in [-0.25, -0.2) is 13.1 Å². The molecule has 3 rings (SSSR count). The van der Waals surface area contributed by atoms with E-state index in [0.29, 0.717) is 11.3 Å². The Labute approximate surface area is 148 Å². The highest BCUT2D eigenvalue weighted by atomic mass is 32.2. The maximum absolute atomic E-state index is 12.7. The van der Waals surface area contributed by atoms with E-state index in [1.807, 2.05) is 63.2 Å². The summed E-state index contributed by atoms with van der Waals surface area (Å²) in [6.07, 6.45) is 0. The molecule has 132 valence electrons. The Kier molecular flexibility index (Phi) is 4.92. The highest BCUT2D eigenvalue weighted by Gasteiger charge is 2.25. The molecule has 1 unspecified atom stereocenters. The molecule has 0 bridgehead atoms. The van der Waals surface area contributed by atoms with E-state index in [-0.39, 0.29) is 17.7 Å². The standard InChI is InChI=1S/C19H22N2O3S/c1-13(2)19(15-9-5-4-8-14(15)3)21-25(22,23)12-17-16-10-6-7-11-18(16)24-20-17/h4-11,13,19,21H,12H2,1-3H3. The minimum absolute atomic E-state index is 0.116. The van der Waals surface area contributed by atoms with Gasteiger partial charge in [-0.3, -0.25) is 0 Å². The Morgan fingerprint density at radius 1 is 1.08 bits per heavy atom. The van der Waals surface area contributed by atoms with Crippen molar-refractivity contribution in [3.63, 3.8) is 0 Å². The molecule has 2 aromatic carbocycles. The number of rotatable bonds is 6. The fraction of sp³-hybridized carbons (Fsp3) is 0.316. The largest absolute Gasteiger partial charge is 0.356 e. The van der Waals surface area contributed by atoms with Gasteiger partial charge in [0.2, 0.25) is 10.0 Å². The lowest BCUT2D eigenvalue weighted by atomic mass is 9.94. The van der Waals surface area contributed by atoms with E-state index in [9.17, 15) is 8.42 Å². The molecule has 0 amide bonds. The van der Waals surface area contributed by atoms with Crippen molar-refractivity contribution in [2.75, 3.05) is 0 Å². The molecule has 25 heavy (non-hydrogen) atoms. The minimum Gasteiger partial charge on any atom is -0.356 e. The summed E-state index contributed by atoms with van der Waals surface area (Å²) in [5.74, 6) is -0.0935. The lowest BCUT2D eigenvalue weighted by molar-refractivity contribution is 0.445. The molecule has 1 atom stereocenters. The molecule has 3 aromatic rings. The van der Waals surface area contributed by atoms with Crippen LogP contribution in [0.1, 0.15) is 36.7 Å². The molecule has 5 nitrogen and oxygen atoms in total. The van der Waals surface area contributed by atoms with E-state index in [1.165, 1.54) is 0 Å². The molecule has 0 fully saturated rings. The summed E-state index contributed by atoms with van der Waals surface area (Å²) in [5.41, 5.74) is 3.07. The smallest absolute Gasteiger partial charge is 0.218 e. The van der Waals surface area contributed by atoms with Crippen molar-refractivity contribution in [3.05, 3.63) is 65.4 Å². The molecule has 0 spiro atoms. The third kappa shape index (κ3) is 3.91. The van der Waals surface area contributed by atoms with E-state index in [2.05, 4.69) is 9.88 Å². The van der Waals surface area contributed by atoms with Crippen molar-refractivity contribution in [1.29, 1.82) is 0 Å². The SMILES string of the molecule is Cc1ccccc1C(NS(=O)(=O)Cc1noc2ccccc12)C(C)C. The summed E-state index contributed by atoms with van der Waals surface area (Å²) in [4.78, 5) is 0. The molecule has 0 aliphatic rings. The molecule has 6 heteroatoms. The van der Waals surface area contributed by atoms with E-state index in [4.69, 9.17) is 4.52 Å². The molecule has 0 saturated carbocycles. The Bertz CT molecular complexity index is 977. The van der Waals surface area contributed by atoms with Gasteiger partial charge < -0.3 is 4.52 Å². The first-order chi connectivity index (χ1) is 11.9. The summed E-state index contributed by atoms with van der Waals surface area (Å²) in [5, 5.41) is 4.66. The predicted molar refractivity (Wildman–Crippen MR) is 98.5 cm³/mol. The van der Waals surface area contributed by atoms with Crippen molar-refractivity contribution in [2.24, 2.45) is 5.92 Å². The number of fused-ring (bicyclic) bond motifs is 1. The number of sulfonamides is 1. The summed E-state index contributed by atoms with van der Waals surface area (Å²) in [7, 11) is -3.58. The van der Waals surface area contributed by atoms with Crippen LogP contribution in [0.3, 0.4) is 0 Å². The Morgan fingerprint density at radius 2 is 1.76 bits per heavy atom. The van der Waals surface area contributed by atoms with Crippen LogP contribution in [-0.2, 0) is 15.8 Å². The number of aromatic nitrogens is 1. The summed E-state index contributed by atoms with van der Waals surface area (Å²) < 4.78 is 33.5. The van der Waals surface area contributed by atoms with Gasteiger partial charge in [-0.2, -0.15) is 0 Å². The molecule has 1 heterocycles. The number of benzene rings is 2. The average Bonchev–Trinajstić information content (AvgIpc) is 2.96. The second-order valence-electron chi connectivity index (χ2n) is 6.58. The van der Waals surface area contributed by atoms with Gasteiger partial charge in [0.15, 0.2) is 5.58 Å². The fourth-order valence-electron chi connectivity index (χ4n) is 2.95. The van der Waals surface area contributed by atoms with Gasteiger partial charge in [-0.1, -0.05) is 55.4 Å². The topological polar surface area (TPSA) is 72.2 Å². The zero-order chi connectivity index (χ0) is 18.0. The molecule has 0 saturated heterocycles. The van der Waals surface area contributed by atoms with Crippen LogP contribution in [0.2, 0.25) is 0 Å². The first-order valence-corrected chi connectivity index (χ1v) is 9.91. The number of nitrogens with zero attached hydrogens (tertiary/aromatic N) is 1. The summed E-state index contributed by atoms with van der Waals surface area (Å²) in [6.45, 7) is 6.00. The second kappa shape index (κ2) is 6.98. The van der Waals surface area contributed by atoms with Crippen molar-refractivity contribution >= 4 is 21.0 Å². The van der Waals surface area contributed by atoms with E-state index >= 15 is 0 Å². The third-order valence-corrected chi connectivity index (χ3v) is 5.54. The highest BCUT2D eigenvalue weighted by molar-refractivity contribution is 7.88. The Morgan fingerprint density at radius 3 is 2.48 bits per heavy atom. The van der Waals surface area contributed by atoms with E-state index in [0.717, 1.165) is 16.5 Å². The summed E-state index contributed by atoms with van der Waals surface area (Å²) in [6, 6.07) is 14.8.